The van der Waals surface area contributed by atoms with Crippen LogP contribution < -0.4 is 11.3 Å². The third-order valence-corrected chi connectivity index (χ3v) is 3.22. The van der Waals surface area contributed by atoms with E-state index in [1.165, 1.54) is 11.1 Å². The Bertz CT molecular complexity index is 531. The van der Waals surface area contributed by atoms with E-state index in [-0.39, 0.29) is 6.04 Å². The Labute approximate surface area is 108 Å². The van der Waals surface area contributed by atoms with E-state index in [9.17, 15) is 0 Å². The van der Waals surface area contributed by atoms with Gasteiger partial charge in [-0.25, -0.2) is 5.43 Å². The van der Waals surface area contributed by atoms with E-state index in [0.717, 1.165) is 23.5 Å². The quantitative estimate of drug-likeness (QED) is 0.642. The molecule has 1 atom stereocenters. The van der Waals surface area contributed by atoms with Crippen molar-refractivity contribution in [2.24, 2.45) is 5.84 Å². The molecule has 2 rings (SSSR count). The van der Waals surface area contributed by atoms with Crippen LogP contribution in [0.25, 0.3) is 0 Å². The van der Waals surface area contributed by atoms with Crippen molar-refractivity contribution in [2.75, 3.05) is 0 Å². The van der Waals surface area contributed by atoms with Crippen molar-refractivity contribution >= 4 is 0 Å². The van der Waals surface area contributed by atoms with Gasteiger partial charge in [0.2, 0.25) is 0 Å². The van der Waals surface area contributed by atoms with Gasteiger partial charge in [0.25, 0.3) is 0 Å². The molecule has 0 aliphatic rings. The fourth-order valence-corrected chi connectivity index (χ4v) is 2.21. The van der Waals surface area contributed by atoms with E-state index in [0.29, 0.717) is 0 Å². The predicted octanol–water partition coefficient (Wildman–Crippen LogP) is 3.01. The first-order chi connectivity index (χ1) is 8.65. The van der Waals surface area contributed by atoms with Crippen molar-refractivity contribution in [2.45, 2.75) is 33.2 Å². The van der Waals surface area contributed by atoms with Gasteiger partial charge < -0.3 is 4.42 Å². The zero-order valence-corrected chi connectivity index (χ0v) is 11.2. The Kier molecular flexibility index (Phi) is 3.84. The first-order valence-corrected chi connectivity index (χ1v) is 6.27. The monoisotopic (exact) mass is 244 g/mol. The highest BCUT2D eigenvalue weighted by molar-refractivity contribution is 5.36. The largest absolute Gasteiger partial charge is 0.464 e. The average Bonchev–Trinajstić information content (AvgIpc) is 2.81. The van der Waals surface area contributed by atoms with Crippen LogP contribution in [0, 0.1) is 13.8 Å². The second-order valence-electron chi connectivity index (χ2n) is 4.62. The molecular formula is C15H20N2O. The Morgan fingerprint density at radius 3 is 2.56 bits per heavy atom. The summed E-state index contributed by atoms with van der Waals surface area (Å²) in [6, 6.07) is 10.3. The normalized spacial score (nSPS) is 12.7. The van der Waals surface area contributed by atoms with Crippen LogP contribution in [0.2, 0.25) is 0 Å². The Balaban J connectivity index is 2.38. The predicted molar refractivity (Wildman–Crippen MR) is 73.2 cm³/mol. The molecule has 0 fully saturated rings. The zero-order valence-electron chi connectivity index (χ0n) is 11.2. The van der Waals surface area contributed by atoms with Crippen molar-refractivity contribution in [3.63, 3.8) is 0 Å². The summed E-state index contributed by atoms with van der Waals surface area (Å²) in [6.07, 6.45) is 0.893. The van der Waals surface area contributed by atoms with Gasteiger partial charge in [-0.3, -0.25) is 5.84 Å². The van der Waals surface area contributed by atoms with Crippen molar-refractivity contribution < 1.29 is 4.42 Å². The maximum Gasteiger partial charge on any atom is 0.126 e. The highest BCUT2D eigenvalue weighted by Crippen LogP contribution is 2.26. The number of furan rings is 1. The van der Waals surface area contributed by atoms with Crippen LogP contribution in [0.5, 0.6) is 0 Å². The van der Waals surface area contributed by atoms with Gasteiger partial charge in [-0.1, -0.05) is 30.7 Å². The Hall–Kier alpha value is -1.58. The minimum atomic E-state index is -0.0918. The highest BCUT2D eigenvalue weighted by atomic mass is 16.3. The number of nitrogens with two attached hydrogens (primary N) is 1. The minimum Gasteiger partial charge on any atom is -0.464 e. The average molecular weight is 244 g/mol. The van der Waals surface area contributed by atoms with Gasteiger partial charge in [0.05, 0.1) is 0 Å². The van der Waals surface area contributed by atoms with Gasteiger partial charge >= 0.3 is 0 Å². The molecule has 0 saturated carbocycles. The number of benzene rings is 1. The van der Waals surface area contributed by atoms with Crippen LogP contribution in [-0.4, -0.2) is 0 Å². The van der Waals surface area contributed by atoms with Gasteiger partial charge in [-0.05, 0) is 37.1 Å². The van der Waals surface area contributed by atoms with E-state index in [1.807, 2.05) is 12.1 Å². The molecule has 18 heavy (non-hydrogen) atoms. The summed E-state index contributed by atoms with van der Waals surface area (Å²) in [5.41, 5.74) is 6.46. The minimum absolute atomic E-state index is 0.0918. The van der Waals surface area contributed by atoms with E-state index < -0.39 is 0 Å². The fourth-order valence-electron chi connectivity index (χ4n) is 2.21. The molecule has 1 aromatic heterocycles. The molecule has 0 saturated heterocycles. The number of hydrogen-bond acceptors (Lipinski definition) is 3. The topological polar surface area (TPSA) is 51.2 Å². The van der Waals surface area contributed by atoms with E-state index >= 15 is 0 Å². The number of hydrogen-bond donors (Lipinski definition) is 2. The summed E-state index contributed by atoms with van der Waals surface area (Å²) in [6.45, 7) is 6.25. The molecule has 0 bridgehead atoms. The van der Waals surface area contributed by atoms with E-state index in [2.05, 4.69) is 44.4 Å². The van der Waals surface area contributed by atoms with Crippen LogP contribution in [0.4, 0.5) is 0 Å². The van der Waals surface area contributed by atoms with Crippen LogP contribution in [-0.2, 0) is 6.42 Å². The first-order valence-electron chi connectivity index (χ1n) is 6.27. The van der Waals surface area contributed by atoms with Crippen LogP contribution in [0.1, 0.15) is 41.2 Å². The summed E-state index contributed by atoms with van der Waals surface area (Å²) < 4.78 is 5.78. The smallest absolute Gasteiger partial charge is 0.126 e. The molecule has 3 heteroatoms. The van der Waals surface area contributed by atoms with Gasteiger partial charge in [0, 0.05) is 6.42 Å². The molecule has 0 aliphatic heterocycles. The summed E-state index contributed by atoms with van der Waals surface area (Å²) in [4.78, 5) is 0. The van der Waals surface area contributed by atoms with Crippen molar-refractivity contribution in [3.05, 3.63) is 58.5 Å². The first kappa shape index (κ1) is 12.9. The maximum absolute atomic E-state index is 5.78. The summed E-state index contributed by atoms with van der Waals surface area (Å²) in [5, 5.41) is 0. The molecule has 0 aliphatic carbocycles. The Morgan fingerprint density at radius 1 is 1.22 bits per heavy atom. The van der Waals surface area contributed by atoms with Gasteiger partial charge in [0.1, 0.15) is 17.6 Å². The highest BCUT2D eigenvalue weighted by Gasteiger charge is 2.18. The van der Waals surface area contributed by atoms with Gasteiger partial charge in [0.15, 0.2) is 0 Å². The molecule has 0 amide bonds. The maximum atomic E-state index is 5.78. The Morgan fingerprint density at radius 2 is 2.00 bits per heavy atom. The fraction of sp³-hybridized carbons (Fsp3) is 0.333. The molecule has 3 N–H and O–H groups in total. The third kappa shape index (κ3) is 2.47. The SMILES string of the molecule is CCc1ccc(C(NN)c2ccc(C)cc2C)o1. The summed E-state index contributed by atoms with van der Waals surface area (Å²) >= 11 is 0. The molecule has 1 unspecified atom stereocenters. The lowest BCUT2D eigenvalue weighted by atomic mass is 9.98. The lowest BCUT2D eigenvalue weighted by Gasteiger charge is -2.16. The summed E-state index contributed by atoms with van der Waals surface area (Å²) in [5.74, 6) is 7.53. The van der Waals surface area contributed by atoms with Crippen molar-refractivity contribution in [3.8, 4) is 0 Å². The van der Waals surface area contributed by atoms with Crippen LogP contribution in [0.15, 0.2) is 34.7 Å². The molecule has 3 nitrogen and oxygen atoms in total. The number of rotatable bonds is 4. The standard InChI is InChI=1S/C15H20N2O/c1-4-12-6-8-14(18-12)15(17-16)13-7-5-10(2)9-11(13)3/h5-9,15,17H,4,16H2,1-3H3. The molecule has 96 valence electrons. The molecule has 1 aromatic carbocycles. The molecule has 2 aromatic rings. The van der Waals surface area contributed by atoms with Crippen LogP contribution in [0.3, 0.4) is 0 Å². The zero-order chi connectivity index (χ0) is 13.1. The van der Waals surface area contributed by atoms with Crippen molar-refractivity contribution in [1.29, 1.82) is 0 Å². The number of nitrogens with one attached hydrogen (secondary N) is 1. The van der Waals surface area contributed by atoms with Crippen LogP contribution >= 0.6 is 0 Å². The number of hydrazine groups is 1. The molecule has 0 spiro atoms. The molecule has 1 heterocycles. The third-order valence-electron chi connectivity index (χ3n) is 3.22. The second kappa shape index (κ2) is 5.38. The molecule has 0 radical (unpaired) electrons. The molecular weight excluding hydrogens is 224 g/mol. The van der Waals surface area contributed by atoms with Gasteiger partial charge in [-0.15, -0.1) is 0 Å². The van der Waals surface area contributed by atoms with Gasteiger partial charge in [-0.2, -0.15) is 0 Å². The number of aryl methyl sites for hydroxylation is 3. The lowest BCUT2D eigenvalue weighted by Crippen LogP contribution is -2.29. The second-order valence-corrected chi connectivity index (χ2v) is 4.62. The summed E-state index contributed by atoms with van der Waals surface area (Å²) in [7, 11) is 0. The van der Waals surface area contributed by atoms with E-state index in [4.69, 9.17) is 10.3 Å². The van der Waals surface area contributed by atoms with E-state index in [1.54, 1.807) is 0 Å². The lowest BCUT2D eigenvalue weighted by molar-refractivity contribution is 0.425. The van der Waals surface area contributed by atoms with Crippen molar-refractivity contribution in [1.82, 2.24) is 5.43 Å².